The SMILES string of the molecule is CCCNC(C)(C#N)CCN(CC)CCC. The van der Waals surface area contributed by atoms with Crippen molar-refractivity contribution in [2.24, 2.45) is 0 Å². The average molecular weight is 225 g/mol. The second-order valence-electron chi connectivity index (χ2n) is 4.55. The molecule has 0 aliphatic carbocycles. The zero-order valence-electron chi connectivity index (χ0n) is 11.3. The molecule has 0 saturated heterocycles. The Bertz CT molecular complexity index is 210. The largest absolute Gasteiger partial charge is 0.304 e. The lowest BCUT2D eigenvalue weighted by Gasteiger charge is -2.27. The van der Waals surface area contributed by atoms with Gasteiger partial charge in [0.1, 0.15) is 5.54 Å². The fourth-order valence-electron chi connectivity index (χ4n) is 1.71. The van der Waals surface area contributed by atoms with Crippen LogP contribution in [0.3, 0.4) is 0 Å². The highest BCUT2D eigenvalue weighted by molar-refractivity contribution is 5.03. The Balaban J connectivity index is 4.06. The van der Waals surface area contributed by atoms with Crippen molar-refractivity contribution in [2.45, 2.75) is 52.5 Å². The molecule has 0 aromatic rings. The fourth-order valence-corrected chi connectivity index (χ4v) is 1.71. The quantitative estimate of drug-likeness (QED) is 0.655. The first-order chi connectivity index (χ1) is 7.61. The number of nitrogens with one attached hydrogen (secondary N) is 1. The van der Waals surface area contributed by atoms with E-state index in [1.807, 2.05) is 6.92 Å². The molecule has 0 aromatic carbocycles. The van der Waals surface area contributed by atoms with E-state index in [9.17, 15) is 5.26 Å². The Hall–Kier alpha value is -0.590. The predicted octanol–water partition coefficient (Wildman–Crippen LogP) is 2.39. The van der Waals surface area contributed by atoms with Gasteiger partial charge in [0.25, 0.3) is 0 Å². The molecule has 1 unspecified atom stereocenters. The molecule has 16 heavy (non-hydrogen) atoms. The number of nitrogens with zero attached hydrogens (tertiary/aromatic N) is 2. The zero-order chi connectivity index (χ0) is 12.4. The molecule has 0 saturated carbocycles. The van der Waals surface area contributed by atoms with Gasteiger partial charge in [-0.1, -0.05) is 20.8 Å². The van der Waals surface area contributed by atoms with Crippen LogP contribution in [-0.4, -0.2) is 36.6 Å². The molecular formula is C13H27N3. The number of nitriles is 1. The summed E-state index contributed by atoms with van der Waals surface area (Å²) in [5.74, 6) is 0. The maximum Gasteiger partial charge on any atom is 0.105 e. The maximum absolute atomic E-state index is 9.20. The molecule has 94 valence electrons. The van der Waals surface area contributed by atoms with E-state index in [2.05, 4.69) is 37.1 Å². The van der Waals surface area contributed by atoms with E-state index >= 15 is 0 Å². The highest BCUT2D eigenvalue weighted by Gasteiger charge is 2.22. The third-order valence-corrected chi connectivity index (χ3v) is 2.93. The van der Waals surface area contributed by atoms with Crippen LogP contribution in [0.4, 0.5) is 0 Å². The Morgan fingerprint density at radius 2 is 1.88 bits per heavy atom. The van der Waals surface area contributed by atoms with Crippen LogP contribution in [0.5, 0.6) is 0 Å². The van der Waals surface area contributed by atoms with Gasteiger partial charge >= 0.3 is 0 Å². The molecule has 0 spiro atoms. The molecule has 1 atom stereocenters. The third-order valence-electron chi connectivity index (χ3n) is 2.93. The Morgan fingerprint density at radius 1 is 1.19 bits per heavy atom. The Labute approximate surface area is 101 Å². The summed E-state index contributed by atoms with van der Waals surface area (Å²) in [4.78, 5) is 2.41. The van der Waals surface area contributed by atoms with E-state index in [1.54, 1.807) is 0 Å². The molecular weight excluding hydrogens is 198 g/mol. The van der Waals surface area contributed by atoms with E-state index < -0.39 is 0 Å². The van der Waals surface area contributed by atoms with E-state index in [-0.39, 0.29) is 5.54 Å². The van der Waals surface area contributed by atoms with Crippen LogP contribution in [0, 0.1) is 11.3 Å². The summed E-state index contributed by atoms with van der Waals surface area (Å²) in [6.07, 6.45) is 3.15. The Morgan fingerprint density at radius 3 is 2.31 bits per heavy atom. The molecule has 0 heterocycles. The van der Waals surface area contributed by atoms with Crippen molar-refractivity contribution in [1.29, 1.82) is 5.26 Å². The lowest BCUT2D eigenvalue weighted by atomic mass is 9.99. The molecule has 0 aliphatic rings. The van der Waals surface area contributed by atoms with Crippen LogP contribution in [0.1, 0.15) is 47.0 Å². The van der Waals surface area contributed by atoms with Crippen LogP contribution < -0.4 is 5.32 Å². The van der Waals surface area contributed by atoms with Gasteiger partial charge in [0.2, 0.25) is 0 Å². The summed E-state index contributed by atoms with van der Waals surface area (Å²) in [7, 11) is 0. The van der Waals surface area contributed by atoms with Crippen LogP contribution in [0.2, 0.25) is 0 Å². The van der Waals surface area contributed by atoms with Crippen molar-refractivity contribution >= 4 is 0 Å². The standard InChI is InChI=1S/C13H27N3/c1-5-9-15-13(4,12-14)8-11-16(7-3)10-6-2/h15H,5-11H2,1-4H3. The third kappa shape index (κ3) is 6.09. The van der Waals surface area contributed by atoms with Gasteiger partial charge in [0, 0.05) is 6.54 Å². The first-order valence-electron chi connectivity index (χ1n) is 6.50. The summed E-state index contributed by atoms with van der Waals surface area (Å²) in [5.41, 5.74) is -0.364. The Kier molecular flexibility index (Phi) is 8.23. The van der Waals surface area contributed by atoms with Crippen molar-refractivity contribution < 1.29 is 0 Å². The zero-order valence-corrected chi connectivity index (χ0v) is 11.3. The lowest BCUT2D eigenvalue weighted by Crippen LogP contribution is -2.44. The molecule has 3 heteroatoms. The molecule has 0 radical (unpaired) electrons. The first kappa shape index (κ1) is 15.4. The van der Waals surface area contributed by atoms with Crippen LogP contribution in [0.15, 0.2) is 0 Å². The van der Waals surface area contributed by atoms with Crippen molar-refractivity contribution in [1.82, 2.24) is 10.2 Å². The van der Waals surface area contributed by atoms with Crippen LogP contribution in [0.25, 0.3) is 0 Å². The highest BCUT2D eigenvalue weighted by atomic mass is 15.1. The molecule has 0 aliphatic heterocycles. The van der Waals surface area contributed by atoms with Crippen molar-refractivity contribution in [3.63, 3.8) is 0 Å². The summed E-state index contributed by atoms with van der Waals surface area (Å²) in [5, 5.41) is 12.5. The second-order valence-corrected chi connectivity index (χ2v) is 4.55. The summed E-state index contributed by atoms with van der Waals surface area (Å²) in [6.45, 7) is 12.6. The number of hydrogen-bond acceptors (Lipinski definition) is 3. The minimum absolute atomic E-state index is 0.364. The molecule has 0 aromatic heterocycles. The number of hydrogen-bond donors (Lipinski definition) is 1. The van der Waals surface area contributed by atoms with E-state index in [0.717, 1.165) is 39.0 Å². The van der Waals surface area contributed by atoms with Gasteiger partial charge in [-0.15, -0.1) is 0 Å². The lowest BCUT2D eigenvalue weighted by molar-refractivity contribution is 0.255. The van der Waals surface area contributed by atoms with Gasteiger partial charge in [-0.05, 0) is 45.8 Å². The maximum atomic E-state index is 9.20. The summed E-state index contributed by atoms with van der Waals surface area (Å²) >= 11 is 0. The average Bonchev–Trinajstić information content (AvgIpc) is 2.32. The van der Waals surface area contributed by atoms with Crippen molar-refractivity contribution in [3.05, 3.63) is 0 Å². The van der Waals surface area contributed by atoms with Gasteiger partial charge in [0.15, 0.2) is 0 Å². The van der Waals surface area contributed by atoms with E-state index in [4.69, 9.17) is 0 Å². The first-order valence-corrected chi connectivity index (χ1v) is 6.50. The van der Waals surface area contributed by atoms with Gasteiger partial charge in [-0.2, -0.15) is 5.26 Å². The fraction of sp³-hybridized carbons (Fsp3) is 0.923. The van der Waals surface area contributed by atoms with Crippen molar-refractivity contribution in [2.75, 3.05) is 26.2 Å². The van der Waals surface area contributed by atoms with Crippen molar-refractivity contribution in [3.8, 4) is 6.07 Å². The molecule has 0 amide bonds. The monoisotopic (exact) mass is 225 g/mol. The van der Waals surface area contributed by atoms with E-state index in [0.29, 0.717) is 0 Å². The normalized spacial score (nSPS) is 14.8. The minimum atomic E-state index is -0.364. The smallest absolute Gasteiger partial charge is 0.105 e. The molecule has 3 nitrogen and oxygen atoms in total. The molecule has 0 rings (SSSR count). The van der Waals surface area contributed by atoms with Gasteiger partial charge in [0.05, 0.1) is 6.07 Å². The molecule has 0 bridgehead atoms. The summed E-state index contributed by atoms with van der Waals surface area (Å²) in [6, 6.07) is 2.40. The van der Waals surface area contributed by atoms with Gasteiger partial charge < -0.3 is 4.90 Å². The van der Waals surface area contributed by atoms with E-state index in [1.165, 1.54) is 6.42 Å². The second kappa shape index (κ2) is 8.55. The van der Waals surface area contributed by atoms with Crippen LogP contribution in [-0.2, 0) is 0 Å². The minimum Gasteiger partial charge on any atom is -0.304 e. The summed E-state index contributed by atoms with van der Waals surface area (Å²) < 4.78 is 0. The predicted molar refractivity (Wildman–Crippen MR) is 69.3 cm³/mol. The number of rotatable bonds is 9. The van der Waals surface area contributed by atoms with Crippen LogP contribution >= 0.6 is 0 Å². The van der Waals surface area contributed by atoms with Gasteiger partial charge in [-0.3, -0.25) is 5.32 Å². The molecule has 1 N–H and O–H groups in total. The highest BCUT2D eigenvalue weighted by Crippen LogP contribution is 2.09. The van der Waals surface area contributed by atoms with Gasteiger partial charge in [-0.25, -0.2) is 0 Å². The molecule has 0 fully saturated rings. The topological polar surface area (TPSA) is 39.1 Å².